The van der Waals surface area contributed by atoms with E-state index in [-0.39, 0.29) is 15.8 Å². The van der Waals surface area contributed by atoms with Crippen LogP contribution in [0.1, 0.15) is 5.56 Å². The molecule has 4 rings (SSSR count). The van der Waals surface area contributed by atoms with Crippen LogP contribution in [0.2, 0.25) is 5.02 Å². The molecule has 10 heteroatoms. The number of rotatable bonds is 5. The predicted octanol–water partition coefficient (Wildman–Crippen LogP) is 6.80. The molecule has 1 aliphatic heterocycles. The minimum Gasteiger partial charge on any atom is -0.457 e. The van der Waals surface area contributed by atoms with Crippen LogP contribution in [0.15, 0.2) is 66.7 Å². The van der Waals surface area contributed by atoms with Gasteiger partial charge in [0, 0.05) is 36.2 Å². The summed E-state index contributed by atoms with van der Waals surface area (Å²) in [6, 6.07) is 18.4. The van der Waals surface area contributed by atoms with Crippen LogP contribution in [0, 0.1) is 0 Å². The predicted molar refractivity (Wildman–Crippen MR) is 132 cm³/mol. The highest BCUT2D eigenvalue weighted by molar-refractivity contribution is 7.80. The molecule has 0 amide bonds. The van der Waals surface area contributed by atoms with E-state index in [4.69, 9.17) is 33.3 Å². The summed E-state index contributed by atoms with van der Waals surface area (Å²) in [5, 5.41) is 5.45. The number of nitrogens with zero attached hydrogens (tertiary/aromatic N) is 1. The fourth-order valence-corrected chi connectivity index (χ4v) is 3.88. The summed E-state index contributed by atoms with van der Waals surface area (Å²) in [5.41, 5.74) is 0.971. The Morgan fingerprint density at radius 1 is 0.912 bits per heavy atom. The van der Waals surface area contributed by atoms with E-state index in [0.29, 0.717) is 30.4 Å². The molecule has 0 bridgehead atoms. The van der Waals surface area contributed by atoms with Crippen molar-refractivity contribution in [3.05, 3.63) is 77.3 Å². The number of ether oxygens (including phenoxy) is 2. The zero-order valence-electron chi connectivity index (χ0n) is 17.9. The molecule has 178 valence electrons. The zero-order chi connectivity index (χ0) is 24.1. The number of thiocarbonyl (C=S) groups is 1. The maximum Gasteiger partial charge on any atom is 0.417 e. The summed E-state index contributed by atoms with van der Waals surface area (Å²) in [4.78, 5) is 2.25. The van der Waals surface area contributed by atoms with E-state index in [1.807, 2.05) is 24.3 Å². The summed E-state index contributed by atoms with van der Waals surface area (Å²) < 4.78 is 50.5. The number of nitrogens with one attached hydrogen (secondary N) is 2. The Bertz CT molecular complexity index is 1150. The van der Waals surface area contributed by atoms with Gasteiger partial charge in [-0.1, -0.05) is 17.7 Å². The molecule has 1 saturated heterocycles. The average Bonchev–Trinajstić information content (AvgIpc) is 2.82. The SMILES string of the molecule is FC(F)(F)c1cc(NC(=S)Nc2ccc(Oc3cccc(N4CCOCC4)c3)cc2)ccc1Cl. The average molecular weight is 508 g/mol. The van der Waals surface area contributed by atoms with Crippen molar-refractivity contribution in [2.24, 2.45) is 0 Å². The standard InChI is InChI=1S/C24H21ClF3N3O2S/c25-22-9-6-17(14-21(22)24(26,27)28)30-23(34)29-16-4-7-19(8-5-16)33-20-3-1-2-18(15-20)31-10-12-32-13-11-31/h1-9,14-15H,10-13H2,(H2,29,30,34). The molecular formula is C24H21ClF3N3O2S. The van der Waals surface area contributed by atoms with E-state index in [1.54, 1.807) is 24.3 Å². The van der Waals surface area contributed by atoms with Gasteiger partial charge in [-0.2, -0.15) is 13.2 Å². The Morgan fingerprint density at radius 3 is 2.29 bits per heavy atom. The number of benzene rings is 3. The smallest absolute Gasteiger partial charge is 0.417 e. The molecule has 0 aliphatic carbocycles. The Kier molecular flexibility index (Phi) is 7.45. The lowest BCUT2D eigenvalue weighted by atomic mass is 10.2. The third-order valence-corrected chi connectivity index (χ3v) is 5.61. The summed E-state index contributed by atoms with van der Waals surface area (Å²) in [6.07, 6.45) is -4.55. The van der Waals surface area contributed by atoms with Gasteiger partial charge in [-0.15, -0.1) is 0 Å². The largest absolute Gasteiger partial charge is 0.457 e. The van der Waals surface area contributed by atoms with Crippen LogP contribution in [0.5, 0.6) is 11.5 Å². The van der Waals surface area contributed by atoms with Crippen LogP contribution in [-0.2, 0) is 10.9 Å². The summed E-state index contributed by atoms with van der Waals surface area (Å²) in [7, 11) is 0. The van der Waals surface area contributed by atoms with Crippen LogP contribution >= 0.6 is 23.8 Å². The van der Waals surface area contributed by atoms with E-state index in [9.17, 15) is 13.2 Å². The first-order valence-corrected chi connectivity index (χ1v) is 11.2. The molecule has 1 aliphatic rings. The Balaban J connectivity index is 1.36. The summed E-state index contributed by atoms with van der Waals surface area (Å²) >= 11 is 10.9. The van der Waals surface area contributed by atoms with Gasteiger partial charge in [0.25, 0.3) is 0 Å². The third-order valence-electron chi connectivity index (χ3n) is 5.07. The number of halogens is 4. The molecule has 0 unspecified atom stereocenters. The molecule has 1 heterocycles. The van der Waals surface area contributed by atoms with E-state index < -0.39 is 11.7 Å². The summed E-state index contributed by atoms with van der Waals surface area (Å²) in [5.74, 6) is 1.35. The molecule has 0 radical (unpaired) electrons. The van der Waals surface area contributed by atoms with E-state index in [0.717, 1.165) is 24.8 Å². The van der Waals surface area contributed by atoms with Crippen molar-refractivity contribution in [3.63, 3.8) is 0 Å². The monoisotopic (exact) mass is 507 g/mol. The molecule has 3 aromatic carbocycles. The molecule has 0 atom stereocenters. The van der Waals surface area contributed by atoms with Gasteiger partial charge in [0.2, 0.25) is 0 Å². The molecule has 3 aromatic rings. The molecule has 0 saturated carbocycles. The molecule has 1 fully saturated rings. The van der Waals surface area contributed by atoms with Crippen molar-refractivity contribution < 1.29 is 22.6 Å². The highest BCUT2D eigenvalue weighted by Crippen LogP contribution is 2.36. The van der Waals surface area contributed by atoms with Crippen molar-refractivity contribution in [1.82, 2.24) is 0 Å². The Labute approximate surface area is 205 Å². The van der Waals surface area contributed by atoms with Gasteiger partial charge in [0.15, 0.2) is 5.11 Å². The number of hydrogen-bond acceptors (Lipinski definition) is 4. The van der Waals surface area contributed by atoms with E-state index >= 15 is 0 Å². The fourth-order valence-electron chi connectivity index (χ4n) is 3.42. The van der Waals surface area contributed by atoms with Crippen molar-refractivity contribution in [1.29, 1.82) is 0 Å². The topological polar surface area (TPSA) is 45.8 Å². The lowest BCUT2D eigenvalue weighted by Crippen LogP contribution is -2.36. The van der Waals surface area contributed by atoms with Crippen LogP contribution in [0.25, 0.3) is 0 Å². The van der Waals surface area contributed by atoms with Crippen molar-refractivity contribution in [2.75, 3.05) is 41.8 Å². The van der Waals surface area contributed by atoms with Gasteiger partial charge in [0.1, 0.15) is 11.5 Å². The normalized spacial score (nSPS) is 13.9. The van der Waals surface area contributed by atoms with Crippen molar-refractivity contribution >= 4 is 46.0 Å². The lowest BCUT2D eigenvalue weighted by Gasteiger charge is -2.29. The van der Waals surface area contributed by atoms with E-state index in [2.05, 4.69) is 15.5 Å². The van der Waals surface area contributed by atoms with E-state index in [1.165, 1.54) is 12.1 Å². The molecule has 2 N–H and O–H groups in total. The fraction of sp³-hybridized carbons (Fsp3) is 0.208. The van der Waals surface area contributed by atoms with Crippen LogP contribution in [0.4, 0.5) is 30.2 Å². The number of anilines is 3. The number of hydrogen-bond donors (Lipinski definition) is 2. The number of alkyl halides is 3. The quantitative estimate of drug-likeness (QED) is 0.370. The van der Waals surface area contributed by atoms with Gasteiger partial charge in [-0.05, 0) is 66.8 Å². The maximum absolute atomic E-state index is 13.0. The second-order valence-corrected chi connectivity index (χ2v) is 8.31. The van der Waals surface area contributed by atoms with Gasteiger partial charge >= 0.3 is 6.18 Å². The molecular weight excluding hydrogens is 487 g/mol. The second kappa shape index (κ2) is 10.5. The second-order valence-electron chi connectivity index (χ2n) is 7.49. The lowest BCUT2D eigenvalue weighted by molar-refractivity contribution is -0.137. The highest BCUT2D eigenvalue weighted by atomic mass is 35.5. The van der Waals surface area contributed by atoms with Crippen LogP contribution in [0.3, 0.4) is 0 Å². The maximum atomic E-state index is 13.0. The van der Waals surface area contributed by atoms with Crippen molar-refractivity contribution in [3.8, 4) is 11.5 Å². The van der Waals surface area contributed by atoms with Crippen LogP contribution < -0.4 is 20.3 Å². The minimum absolute atomic E-state index is 0.141. The third kappa shape index (κ3) is 6.31. The first kappa shape index (κ1) is 24.1. The zero-order valence-corrected chi connectivity index (χ0v) is 19.4. The molecule has 0 aromatic heterocycles. The minimum atomic E-state index is -4.55. The van der Waals surface area contributed by atoms with Gasteiger partial charge in [-0.25, -0.2) is 0 Å². The van der Waals surface area contributed by atoms with Gasteiger partial charge in [-0.3, -0.25) is 0 Å². The molecule has 5 nitrogen and oxygen atoms in total. The Hall–Kier alpha value is -3.01. The Morgan fingerprint density at radius 2 is 1.59 bits per heavy atom. The number of morpholine rings is 1. The first-order chi connectivity index (χ1) is 16.3. The molecule has 34 heavy (non-hydrogen) atoms. The van der Waals surface area contributed by atoms with Crippen molar-refractivity contribution in [2.45, 2.75) is 6.18 Å². The first-order valence-electron chi connectivity index (χ1n) is 10.4. The molecule has 0 spiro atoms. The van der Waals surface area contributed by atoms with Crippen LogP contribution in [-0.4, -0.2) is 31.4 Å². The highest BCUT2D eigenvalue weighted by Gasteiger charge is 2.33. The van der Waals surface area contributed by atoms with Gasteiger partial charge < -0.3 is 25.0 Å². The van der Waals surface area contributed by atoms with Gasteiger partial charge in [0.05, 0.1) is 23.8 Å². The summed E-state index contributed by atoms with van der Waals surface area (Å²) in [6.45, 7) is 3.09.